The van der Waals surface area contributed by atoms with E-state index in [2.05, 4.69) is 0 Å². The Labute approximate surface area is 93.5 Å². The summed E-state index contributed by atoms with van der Waals surface area (Å²) in [6.07, 6.45) is 0. The van der Waals surface area contributed by atoms with Crippen LogP contribution in [0.5, 0.6) is 0 Å². The third kappa shape index (κ3) is 2.48. The average molecular weight is 252 g/mol. The van der Waals surface area contributed by atoms with Crippen molar-refractivity contribution in [1.82, 2.24) is 4.31 Å². The van der Waals surface area contributed by atoms with Crippen LogP contribution in [0.15, 0.2) is 23.1 Å². The van der Waals surface area contributed by atoms with Crippen molar-refractivity contribution >= 4 is 21.6 Å². The van der Waals surface area contributed by atoms with E-state index in [1.807, 2.05) is 0 Å². The van der Waals surface area contributed by atoms with Crippen molar-refractivity contribution < 1.29 is 12.8 Å². The Hall–Kier alpha value is -0.650. The Balaban J connectivity index is 3.29. The maximum atomic E-state index is 13.1. The van der Waals surface area contributed by atoms with Gasteiger partial charge in [-0.1, -0.05) is 0 Å². The van der Waals surface area contributed by atoms with Gasteiger partial charge in [-0.2, -0.15) is 0 Å². The van der Waals surface area contributed by atoms with E-state index < -0.39 is 15.8 Å². The van der Waals surface area contributed by atoms with E-state index in [4.69, 9.17) is 11.6 Å². The first-order valence-electron chi connectivity index (χ1n) is 4.16. The van der Waals surface area contributed by atoms with Crippen molar-refractivity contribution in [2.75, 3.05) is 14.1 Å². The second kappa shape index (κ2) is 4.47. The molecule has 0 spiro atoms. The molecule has 1 aromatic carbocycles. The van der Waals surface area contributed by atoms with Gasteiger partial charge in [0.2, 0.25) is 10.0 Å². The highest BCUT2D eigenvalue weighted by Crippen LogP contribution is 2.18. The van der Waals surface area contributed by atoms with Crippen LogP contribution >= 0.6 is 11.6 Å². The normalized spacial score (nSPS) is 12.1. The van der Waals surface area contributed by atoms with E-state index in [1.54, 1.807) is 0 Å². The van der Waals surface area contributed by atoms with Crippen LogP contribution in [0.25, 0.3) is 0 Å². The minimum atomic E-state index is -3.52. The molecule has 6 heteroatoms. The molecule has 0 bridgehead atoms. The minimum Gasteiger partial charge on any atom is -0.207 e. The standard InChI is InChI=1S/C9H11ClFNO2S/c1-12(2)15(13,14)8-3-4-9(11)7(5-8)6-10/h3-5H,6H2,1-2H3. The van der Waals surface area contributed by atoms with Gasteiger partial charge in [0, 0.05) is 19.7 Å². The van der Waals surface area contributed by atoms with Gasteiger partial charge in [0.1, 0.15) is 5.82 Å². The number of alkyl halides is 1. The summed E-state index contributed by atoms with van der Waals surface area (Å²) >= 11 is 5.49. The molecule has 0 aliphatic carbocycles. The maximum absolute atomic E-state index is 13.1. The maximum Gasteiger partial charge on any atom is 0.242 e. The van der Waals surface area contributed by atoms with Crippen molar-refractivity contribution in [3.63, 3.8) is 0 Å². The van der Waals surface area contributed by atoms with Gasteiger partial charge in [-0.3, -0.25) is 0 Å². The fraction of sp³-hybridized carbons (Fsp3) is 0.333. The fourth-order valence-electron chi connectivity index (χ4n) is 1.02. The molecule has 0 saturated carbocycles. The summed E-state index contributed by atoms with van der Waals surface area (Å²) in [7, 11) is -0.687. The van der Waals surface area contributed by atoms with Gasteiger partial charge >= 0.3 is 0 Å². The predicted octanol–water partition coefficient (Wildman–Crippen LogP) is 1.81. The summed E-state index contributed by atoms with van der Waals surface area (Å²) in [6, 6.07) is 3.58. The second-order valence-corrected chi connectivity index (χ2v) is 5.59. The lowest BCUT2D eigenvalue weighted by Gasteiger charge is -2.12. The van der Waals surface area contributed by atoms with Crippen molar-refractivity contribution in [3.05, 3.63) is 29.6 Å². The van der Waals surface area contributed by atoms with E-state index in [0.717, 1.165) is 10.4 Å². The zero-order valence-electron chi connectivity index (χ0n) is 8.37. The number of rotatable bonds is 3. The van der Waals surface area contributed by atoms with E-state index in [1.165, 1.54) is 26.2 Å². The molecule has 0 radical (unpaired) electrons. The summed E-state index contributed by atoms with van der Waals surface area (Å²) in [4.78, 5) is 0.0459. The van der Waals surface area contributed by atoms with Crippen LogP contribution in [0, 0.1) is 5.82 Å². The van der Waals surface area contributed by atoms with Gasteiger partial charge in [0.05, 0.1) is 10.8 Å². The Morgan fingerprint density at radius 1 is 1.40 bits per heavy atom. The number of hydrogen-bond acceptors (Lipinski definition) is 2. The largest absolute Gasteiger partial charge is 0.242 e. The van der Waals surface area contributed by atoms with Crippen LogP contribution in [0.1, 0.15) is 5.56 Å². The summed E-state index contributed by atoms with van der Waals surface area (Å²) in [5, 5.41) is 0. The molecule has 0 aromatic heterocycles. The van der Waals surface area contributed by atoms with Gasteiger partial charge in [0.25, 0.3) is 0 Å². The summed E-state index contributed by atoms with van der Waals surface area (Å²) < 4.78 is 37.5. The van der Waals surface area contributed by atoms with Gasteiger partial charge in [-0.15, -0.1) is 11.6 Å². The molecule has 1 rings (SSSR count). The molecule has 0 aliphatic heterocycles. The summed E-state index contributed by atoms with van der Waals surface area (Å²) in [5.41, 5.74) is 0.180. The van der Waals surface area contributed by atoms with Crippen molar-refractivity contribution in [2.45, 2.75) is 10.8 Å². The third-order valence-electron chi connectivity index (χ3n) is 1.94. The monoisotopic (exact) mass is 251 g/mol. The van der Waals surface area contributed by atoms with Gasteiger partial charge in [-0.25, -0.2) is 17.1 Å². The lowest BCUT2D eigenvalue weighted by atomic mass is 10.2. The number of benzene rings is 1. The first-order chi connectivity index (χ1) is 6.89. The lowest BCUT2D eigenvalue weighted by molar-refractivity contribution is 0.520. The van der Waals surface area contributed by atoms with Crippen LogP contribution in [0.2, 0.25) is 0 Å². The molecule has 3 nitrogen and oxygen atoms in total. The molecule has 0 amide bonds. The Bertz CT molecular complexity index is 459. The van der Waals surface area contributed by atoms with Crippen molar-refractivity contribution in [1.29, 1.82) is 0 Å². The highest BCUT2D eigenvalue weighted by Gasteiger charge is 2.18. The molecule has 0 N–H and O–H groups in total. The van der Waals surface area contributed by atoms with Crippen molar-refractivity contribution in [3.8, 4) is 0 Å². The average Bonchev–Trinajstić information content (AvgIpc) is 2.18. The van der Waals surface area contributed by atoms with Crippen molar-refractivity contribution in [2.24, 2.45) is 0 Å². The predicted molar refractivity (Wildman–Crippen MR) is 56.8 cm³/mol. The highest BCUT2D eigenvalue weighted by atomic mass is 35.5. The Morgan fingerprint density at radius 2 is 2.00 bits per heavy atom. The zero-order valence-corrected chi connectivity index (χ0v) is 9.94. The Kier molecular flexibility index (Phi) is 3.70. The molecule has 0 heterocycles. The SMILES string of the molecule is CN(C)S(=O)(=O)c1ccc(F)c(CCl)c1. The van der Waals surface area contributed by atoms with Gasteiger partial charge in [0.15, 0.2) is 0 Å². The van der Waals surface area contributed by atoms with Crippen LogP contribution in [0.3, 0.4) is 0 Å². The van der Waals surface area contributed by atoms with E-state index in [9.17, 15) is 12.8 Å². The smallest absolute Gasteiger partial charge is 0.207 e. The second-order valence-electron chi connectivity index (χ2n) is 3.17. The van der Waals surface area contributed by atoms with Crippen LogP contribution in [0.4, 0.5) is 4.39 Å². The van der Waals surface area contributed by atoms with E-state index in [-0.39, 0.29) is 16.3 Å². The molecule has 15 heavy (non-hydrogen) atoms. The summed E-state index contributed by atoms with van der Waals surface area (Å²) in [6.45, 7) is 0. The van der Waals surface area contributed by atoms with Crippen LogP contribution in [-0.4, -0.2) is 26.8 Å². The van der Waals surface area contributed by atoms with Gasteiger partial charge in [-0.05, 0) is 18.2 Å². The quantitative estimate of drug-likeness (QED) is 0.769. The van der Waals surface area contributed by atoms with E-state index in [0.29, 0.717) is 0 Å². The zero-order chi connectivity index (χ0) is 11.6. The fourth-order valence-corrected chi connectivity index (χ4v) is 2.18. The number of halogens is 2. The first-order valence-corrected chi connectivity index (χ1v) is 6.14. The molecular weight excluding hydrogens is 241 g/mol. The topological polar surface area (TPSA) is 37.4 Å². The Morgan fingerprint density at radius 3 is 2.47 bits per heavy atom. The summed E-state index contributed by atoms with van der Waals surface area (Å²) in [5.74, 6) is -0.550. The first kappa shape index (κ1) is 12.4. The van der Waals surface area contributed by atoms with Crippen LogP contribution < -0.4 is 0 Å². The molecule has 0 fully saturated rings. The molecule has 0 atom stereocenters. The van der Waals surface area contributed by atoms with E-state index >= 15 is 0 Å². The van der Waals surface area contributed by atoms with Crippen LogP contribution in [-0.2, 0) is 15.9 Å². The molecule has 0 aliphatic rings. The minimum absolute atomic E-state index is 0.0459. The number of nitrogens with zero attached hydrogens (tertiary/aromatic N) is 1. The number of hydrogen-bond donors (Lipinski definition) is 0. The molecule has 0 saturated heterocycles. The van der Waals surface area contributed by atoms with Gasteiger partial charge < -0.3 is 0 Å². The highest BCUT2D eigenvalue weighted by molar-refractivity contribution is 7.89. The molecule has 0 unspecified atom stereocenters. The third-order valence-corrected chi connectivity index (χ3v) is 4.04. The molecule has 84 valence electrons. The molecular formula is C9H11ClFNO2S. The lowest BCUT2D eigenvalue weighted by Crippen LogP contribution is -2.22. The molecule has 1 aromatic rings. The number of sulfonamides is 1.